The number of anilines is 2. The van der Waals surface area contributed by atoms with Crippen molar-refractivity contribution in [1.29, 1.82) is 5.26 Å². The van der Waals surface area contributed by atoms with Crippen LogP contribution in [0.2, 0.25) is 0 Å². The normalized spacial score (nSPS) is 21.3. The Kier molecular flexibility index (Phi) is 4.57. The Morgan fingerprint density at radius 3 is 2.75 bits per heavy atom. The van der Waals surface area contributed by atoms with Crippen LogP contribution in [-0.2, 0) is 12.8 Å². The topological polar surface area (TPSA) is 107 Å². The number of aromatic nitrogens is 3. The summed E-state index contributed by atoms with van der Waals surface area (Å²) in [5.74, 6) is 0.597. The molecular weight excluding hydrogens is 423 g/mol. The van der Waals surface area contributed by atoms with Gasteiger partial charge in [-0.3, -0.25) is 9.48 Å². The van der Waals surface area contributed by atoms with Gasteiger partial charge in [-0.05, 0) is 48.1 Å². The van der Waals surface area contributed by atoms with E-state index in [0.29, 0.717) is 33.6 Å². The molecule has 10 heteroatoms. The molecular formula is C22H20F3N5O2. The lowest BCUT2D eigenvalue weighted by molar-refractivity contribution is -0.255. The van der Waals surface area contributed by atoms with Gasteiger partial charge in [0.15, 0.2) is 11.4 Å². The van der Waals surface area contributed by atoms with E-state index < -0.39 is 24.6 Å². The standard InChI is InChI=1S/C22H20F3N5O2/c23-22(24,25)21(32)10-13-3-4-15(9-14(13)11-21)28-19-18-17(6-8-27-20(18)31)30(29-19)16(5-7-26)12-1-2-12/h3-4,6,8-9,12,16,32H,1-2,5,10-11H2,(H,27,31)(H,28,29)/t16-,21-/m0/s1. The van der Waals surface area contributed by atoms with Crippen LogP contribution in [0.5, 0.6) is 0 Å². The summed E-state index contributed by atoms with van der Waals surface area (Å²) in [6.45, 7) is 0. The lowest BCUT2D eigenvalue weighted by atomic mass is 10.0. The SMILES string of the molecule is N#CC[C@@H](C1CC1)n1nc(Nc2ccc3c(c2)C[C@](O)(C(F)(F)F)C3)c2c(=O)[nH]ccc21. The zero-order chi connectivity index (χ0) is 22.7. The maximum Gasteiger partial charge on any atom is 0.417 e. The van der Waals surface area contributed by atoms with Gasteiger partial charge in [-0.25, -0.2) is 0 Å². The summed E-state index contributed by atoms with van der Waals surface area (Å²) < 4.78 is 41.5. The number of H-pyrrole nitrogens is 1. The molecule has 166 valence electrons. The Morgan fingerprint density at radius 2 is 2.06 bits per heavy atom. The molecule has 2 aliphatic carbocycles. The minimum Gasteiger partial charge on any atom is -0.380 e. The number of alkyl halides is 3. The summed E-state index contributed by atoms with van der Waals surface area (Å²) in [6, 6.07) is 8.48. The molecule has 5 rings (SSSR count). The van der Waals surface area contributed by atoms with Crippen LogP contribution < -0.4 is 10.9 Å². The number of aliphatic hydroxyl groups is 1. The maximum atomic E-state index is 13.2. The fraction of sp³-hybridized carbons (Fsp3) is 0.409. The monoisotopic (exact) mass is 443 g/mol. The van der Waals surface area contributed by atoms with Crippen LogP contribution >= 0.6 is 0 Å². The third kappa shape index (κ3) is 3.33. The molecule has 2 aliphatic rings. The lowest BCUT2D eigenvalue weighted by Gasteiger charge is -2.25. The fourth-order valence-corrected chi connectivity index (χ4v) is 4.54. The number of hydrogen-bond donors (Lipinski definition) is 3. The number of nitrogens with one attached hydrogen (secondary N) is 2. The Hall–Kier alpha value is -3.32. The fourth-order valence-electron chi connectivity index (χ4n) is 4.54. The van der Waals surface area contributed by atoms with E-state index in [1.807, 2.05) is 0 Å². The number of benzene rings is 1. The van der Waals surface area contributed by atoms with Gasteiger partial charge in [0, 0.05) is 24.7 Å². The van der Waals surface area contributed by atoms with Gasteiger partial charge in [0.2, 0.25) is 0 Å². The Labute approximate surface area is 180 Å². The molecule has 0 unspecified atom stereocenters. The summed E-state index contributed by atoms with van der Waals surface area (Å²) in [7, 11) is 0. The number of halogens is 3. The van der Waals surface area contributed by atoms with Gasteiger partial charge in [-0.1, -0.05) is 6.07 Å². The van der Waals surface area contributed by atoms with E-state index in [1.54, 1.807) is 28.9 Å². The molecule has 0 amide bonds. The first-order chi connectivity index (χ1) is 15.2. The van der Waals surface area contributed by atoms with Crippen molar-refractivity contribution in [3.63, 3.8) is 0 Å². The number of pyridine rings is 1. The predicted molar refractivity (Wildman–Crippen MR) is 110 cm³/mol. The number of nitrogens with zero attached hydrogens (tertiary/aromatic N) is 3. The van der Waals surface area contributed by atoms with Crippen molar-refractivity contribution >= 4 is 22.4 Å². The van der Waals surface area contributed by atoms with E-state index in [4.69, 9.17) is 0 Å². The molecule has 3 N–H and O–H groups in total. The molecule has 1 saturated carbocycles. The second kappa shape index (κ2) is 7.10. The zero-order valence-electron chi connectivity index (χ0n) is 16.9. The molecule has 2 heterocycles. The van der Waals surface area contributed by atoms with Gasteiger partial charge in [0.05, 0.1) is 24.0 Å². The van der Waals surface area contributed by atoms with Crippen LogP contribution in [0.1, 0.15) is 36.4 Å². The Morgan fingerprint density at radius 1 is 1.31 bits per heavy atom. The molecule has 1 fully saturated rings. The quantitative estimate of drug-likeness (QED) is 0.557. The van der Waals surface area contributed by atoms with Gasteiger partial charge in [-0.15, -0.1) is 0 Å². The van der Waals surface area contributed by atoms with E-state index in [1.165, 1.54) is 6.20 Å². The van der Waals surface area contributed by atoms with E-state index in [9.17, 15) is 28.3 Å². The molecule has 0 aliphatic heterocycles. The van der Waals surface area contributed by atoms with Crippen LogP contribution in [0.15, 0.2) is 35.3 Å². The third-order valence-corrected chi connectivity index (χ3v) is 6.37. The molecule has 0 bridgehead atoms. The summed E-state index contributed by atoms with van der Waals surface area (Å²) in [4.78, 5) is 15.2. The van der Waals surface area contributed by atoms with Gasteiger partial charge >= 0.3 is 6.18 Å². The first kappa shape index (κ1) is 20.6. The molecule has 1 aromatic carbocycles. The van der Waals surface area contributed by atoms with Crippen molar-refractivity contribution in [3.8, 4) is 6.07 Å². The third-order valence-electron chi connectivity index (χ3n) is 6.37. The summed E-state index contributed by atoms with van der Waals surface area (Å²) in [6.07, 6.45) is -1.96. The Balaban J connectivity index is 1.52. The van der Waals surface area contributed by atoms with Crippen LogP contribution in [0.4, 0.5) is 24.7 Å². The summed E-state index contributed by atoms with van der Waals surface area (Å²) >= 11 is 0. The average Bonchev–Trinajstić information content (AvgIpc) is 3.41. The van der Waals surface area contributed by atoms with E-state index in [0.717, 1.165) is 12.8 Å². The van der Waals surface area contributed by atoms with E-state index in [-0.39, 0.29) is 23.8 Å². The minimum atomic E-state index is -4.72. The largest absolute Gasteiger partial charge is 0.417 e. The van der Waals surface area contributed by atoms with Crippen molar-refractivity contribution in [3.05, 3.63) is 51.9 Å². The number of fused-ring (bicyclic) bond motifs is 2. The summed E-state index contributed by atoms with van der Waals surface area (Å²) in [5.41, 5.74) is -1.23. The molecule has 0 spiro atoms. The van der Waals surface area contributed by atoms with Gasteiger partial charge in [0.25, 0.3) is 5.56 Å². The van der Waals surface area contributed by atoms with E-state index in [2.05, 4.69) is 21.5 Å². The second-order valence-electron chi connectivity index (χ2n) is 8.62. The number of hydrogen-bond acceptors (Lipinski definition) is 5. The highest BCUT2D eigenvalue weighted by atomic mass is 19.4. The molecule has 3 aromatic rings. The zero-order valence-corrected chi connectivity index (χ0v) is 16.9. The minimum absolute atomic E-state index is 0.151. The summed E-state index contributed by atoms with van der Waals surface area (Å²) in [5, 5.41) is 27.3. The van der Waals surface area contributed by atoms with Gasteiger partial charge in [0.1, 0.15) is 5.39 Å². The highest BCUT2D eigenvalue weighted by Crippen LogP contribution is 2.44. The second-order valence-corrected chi connectivity index (χ2v) is 8.62. The molecule has 0 radical (unpaired) electrons. The van der Waals surface area contributed by atoms with Crippen molar-refractivity contribution in [1.82, 2.24) is 14.8 Å². The highest BCUT2D eigenvalue weighted by Gasteiger charge is 2.56. The number of aromatic amines is 1. The van der Waals surface area contributed by atoms with Gasteiger partial charge in [-0.2, -0.15) is 23.5 Å². The average molecular weight is 443 g/mol. The van der Waals surface area contributed by atoms with Crippen molar-refractivity contribution in [2.45, 2.75) is 49.9 Å². The van der Waals surface area contributed by atoms with Crippen LogP contribution in [0.3, 0.4) is 0 Å². The number of rotatable bonds is 5. The molecule has 2 aromatic heterocycles. The highest BCUT2D eigenvalue weighted by molar-refractivity contribution is 5.91. The molecule has 2 atom stereocenters. The Bertz CT molecular complexity index is 1300. The van der Waals surface area contributed by atoms with Crippen molar-refractivity contribution in [2.75, 3.05) is 5.32 Å². The van der Waals surface area contributed by atoms with Crippen molar-refractivity contribution in [2.24, 2.45) is 5.92 Å². The maximum absolute atomic E-state index is 13.2. The first-order valence-corrected chi connectivity index (χ1v) is 10.3. The first-order valence-electron chi connectivity index (χ1n) is 10.3. The van der Waals surface area contributed by atoms with Crippen LogP contribution in [-0.4, -0.2) is 31.6 Å². The number of nitriles is 1. The van der Waals surface area contributed by atoms with Crippen LogP contribution in [0, 0.1) is 17.2 Å². The molecule has 32 heavy (non-hydrogen) atoms. The van der Waals surface area contributed by atoms with Crippen molar-refractivity contribution < 1.29 is 18.3 Å². The van der Waals surface area contributed by atoms with E-state index >= 15 is 0 Å². The van der Waals surface area contributed by atoms with Crippen LogP contribution in [0.25, 0.3) is 10.9 Å². The molecule has 7 nitrogen and oxygen atoms in total. The van der Waals surface area contributed by atoms with Gasteiger partial charge < -0.3 is 15.4 Å². The predicted octanol–water partition coefficient (Wildman–Crippen LogP) is 3.72. The lowest BCUT2D eigenvalue weighted by Crippen LogP contribution is -2.45. The smallest absolute Gasteiger partial charge is 0.380 e. The molecule has 0 saturated heterocycles.